The largest absolute Gasteiger partial charge is 0.469 e. The van der Waals surface area contributed by atoms with Gasteiger partial charge in [0.05, 0.1) is 33.2 Å². The number of carbonyl (C=O) groups is 4. The summed E-state index contributed by atoms with van der Waals surface area (Å²) in [4.78, 5) is 55.0. The van der Waals surface area contributed by atoms with Crippen molar-refractivity contribution in [3.63, 3.8) is 0 Å². The Kier molecular flexibility index (Phi) is 13.4. The van der Waals surface area contributed by atoms with Crippen LogP contribution in [0, 0.1) is 0 Å². The van der Waals surface area contributed by atoms with E-state index >= 15 is 0 Å². The molecule has 10 nitrogen and oxygen atoms in total. The number of methoxy groups -OCH3 is 1. The third kappa shape index (κ3) is 14.2. The van der Waals surface area contributed by atoms with Gasteiger partial charge in [0.15, 0.2) is 0 Å². The summed E-state index contributed by atoms with van der Waals surface area (Å²) in [5.41, 5.74) is -0.218. The van der Waals surface area contributed by atoms with Gasteiger partial charge in [-0.3, -0.25) is 29.0 Å². The zero-order chi connectivity index (χ0) is 33.3. The molecule has 1 aromatic rings. The molecule has 0 spiro atoms. The Labute approximate surface area is 263 Å². The third-order valence-corrected chi connectivity index (χ3v) is 6.87. The van der Waals surface area contributed by atoms with Crippen LogP contribution in [0.2, 0.25) is 0 Å². The summed E-state index contributed by atoms with van der Waals surface area (Å²) in [6.45, 7) is 16.7. The molecule has 0 aliphatic heterocycles. The first-order valence-corrected chi connectivity index (χ1v) is 15.5. The number of carbonyl (C=O) groups excluding carboxylic acids is 4. The lowest BCUT2D eigenvalue weighted by molar-refractivity contribution is -0.164. The van der Waals surface area contributed by atoms with Crippen molar-refractivity contribution in [2.75, 3.05) is 26.7 Å². The highest BCUT2D eigenvalue weighted by molar-refractivity contribution is 5.76. The molecule has 44 heavy (non-hydrogen) atoms. The number of rotatable bonds is 12. The van der Waals surface area contributed by atoms with Crippen molar-refractivity contribution < 1.29 is 38.1 Å². The van der Waals surface area contributed by atoms with E-state index in [1.165, 1.54) is 7.11 Å². The third-order valence-electron chi connectivity index (χ3n) is 6.87. The molecule has 0 saturated heterocycles. The van der Waals surface area contributed by atoms with Gasteiger partial charge >= 0.3 is 23.9 Å². The van der Waals surface area contributed by atoms with Crippen LogP contribution in [0.15, 0.2) is 24.3 Å². The van der Waals surface area contributed by atoms with Gasteiger partial charge in [0.2, 0.25) is 0 Å². The van der Waals surface area contributed by atoms with Crippen molar-refractivity contribution >= 4 is 23.9 Å². The van der Waals surface area contributed by atoms with Crippen LogP contribution in [0.3, 0.4) is 0 Å². The molecule has 0 radical (unpaired) electrons. The minimum atomic E-state index is -0.677. The Morgan fingerprint density at radius 3 is 1.36 bits per heavy atom. The van der Waals surface area contributed by atoms with Crippen molar-refractivity contribution in [1.82, 2.24) is 9.80 Å². The molecule has 2 rings (SSSR count). The minimum absolute atomic E-state index is 0.0368. The molecule has 248 valence electrons. The van der Waals surface area contributed by atoms with E-state index in [4.69, 9.17) is 18.9 Å². The van der Waals surface area contributed by atoms with E-state index in [1.807, 2.05) is 91.5 Å². The molecule has 1 fully saturated rings. The average Bonchev–Trinajstić information content (AvgIpc) is 2.85. The molecule has 10 heteroatoms. The van der Waals surface area contributed by atoms with Gasteiger partial charge < -0.3 is 18.9 Å². The number of esters is 4. The molecular weight excluding hydrogens is 564 g/mol. The van der Waals surface area contributed by atoms with Gasteiger partial charge in [0.25, 0.3) is 0 Å². The van der Waals surface area contributed by atoms with E-state index in [-0.39, 0.29) is 50.1 Å². The summed E-state index contributed by atoms with van der Waals surface area (Å²) in [7, 11) is 1.36. The van der Waals surface area contributed by atoms with Gasteiger partial charge in [-0.2, -0.15) is 0 Å². The number of nitrogens with zero attached hydrogens (tertiary/aromatic N) is 2. The zero-order valence-corrected chi connectivity index (χ0v) is 28.5. The highest BCUT2D eigenvalue weighted by Gasteiger charge is 2.38. The molecule has 1 aliphatic carbocycles. The fourth-order valence-electron chi connectivity index (χ4n) is 5.38. The van der Waals surface area contributed by atoms with Gasteiger partial charge in [0, 0.05) is 18.6 Å². The summed E-state index contributed by atoms with van der Waals surface area (Å²) in [5.74, 6) is -1.52. The Balaban J connectivity index is 2.43. The number of hydrogen-bond acceptors (Lipinski definition) is 10. The molecule has 1 aliphatic rings. The van der Waals surface area contributed by atoms with Gasteiger partial charge in [-0.15, -0.1) is 0 Å². The Bertz CT molecular complexity index is 1080. The topological polar surface area (TPSA) is 112 Å². The van der Waals surface area contributed by atoms with Gasteiger partial charge in [0.1, 0.15) is 16.8 Å². The van der Waals surface area contributed by atoms with Crippen LogP contribution in [-0.2, 0) is 51.1 Å². The van der Waals surface area contributed by atoms with E-state index in [2.05, 4.69) is 4.90 Å². The van der Waals surface area contributed by atoms with Crippen LogP contribution in [0.1, 0.15) is 99.1 Å². The highest BCUT2D eigenvalue weighted by atomic mass is 16.6. The molecule has 1 saturated carbocycles. The summed E-state index contributed by atoms with van der Waals surface area (Å²) in [6, 6.07) is 7.27. The second-order valence-electron chi connectivity index (χ2n) is 14.6. The first kappa shape index (κ1) is 37.2. The quantitative estimate of drug-likeness (QED) is 0.238. The normalized spacial score (nSPS) is 17.7. The SMILES string of the molecule is COC(=O)Cc1ccc(CN(CC(=O)OC(C)(C)C)[C@H]2CCCC[C@@H]2N(CC(=O)OC(C)(C)C)CC(=O)OC(C)(C)C)cc1. The summed E-state index contributed by atoms with van der Waals surface area (Å²) in [6.07, 6.45) is 3.54. The van der Waals surface area contributed by atoms with Crippen LogP contribution < -0.4 is 0 Å². The zero-order valence-electron chi connectivity index (χ0n) is 28.5. The van der Waals surface area contributed by atoms with Crippen LogP contribution in [0.25, 0.3) is 0 Å². The lowest BCUT2D eigenvalue weighted by Crippen LogP contribution is -2.57. The van der Waals surface area contributed by atoms with Crippen molar-refractivity contribution in [3.05, 3.63) is 35.4 Å². The first-order valence-electron chi connectivity index (χ1n) is 15.5. The summed E-state index contributed by atoms with van der Waals surface area (Å²) in [5, 5.41) is 0. The number of hydrogen-bond donors (Lipinski definition) is 0. The maximum atomic E-state index is 13.2. The van der Waals surface area contributed by atoms with Crippen molar-refractivity contribution in [1.29, 1.82) is 0 Å². The fourth-order valence-corrected chi connectivity index (χ4v) is 5.38. The smallest absolute Gasteiger partial charge is 0.320 e. The molecule has 0 bridgehead atoms. The van der Waals surface area contributed by atoms with Crippen molar-refractivity contribution in [2.24, 2.45) is 0 Å². The molecule has 1 aromatic carbocycles. The second kappa shape index (κ2) is 15.8. The lowest BCUT2D eigenvalue weighted by atomic mass is 9.87. The monoisotopic (exact) mass is 618 g/mol. The van der Waals surface area contributed by atoms with E-state index in [0.29, 0.717) is 6.54 Å². The second-order valence-corrected chi connectivity index (χ2v) is 14.6. The molecule has 0 unspecified atom stereocenters. The predicted molar refractivity (Wildman–Crippen MR) is 168 cm³/mol. The molecule has 2 atom stereocenters. The molecule has 0 N–H and O–H groups in total. The van der Waals surface area contributed by atoms with Crippen LogP contribution >= 0.6 is 0 Å². The lowest BCUT2D eigenvalue weighted by Gasteiger charge is -2.44. The minimum Gasteiger partial charge on any atom is -0.469 e. The van der Waals surface area contributed by atoms with Crippen LogP contribution in [-0.4, -0.2) is 89.3 Å². The van der Waals surface area contributed by atoms with E-state index in [1.54, 1.807) is 0 Å². The fraction of sp³-hybridized carbons (Fsp3) is 0.706. The Hall–Kier alpha value is -2.98. The number of ether oxygens (including phenoxy) is 4. The molecule has 0 heterocycles. The molecule has 0 amide bonds. The van der Waals surface area contributed by atoms with Crippen LogP contribution in [0.5, 0.6) is 0 Å². The van der Waals surface area contributed by atoms with Gasteiger partial charge in [-0.1, -0.05) is 37.1 Å². The maximum absolute atomic E-state index is 13.2. The number of benzene rings is 1. The highest BCUT2D eigenvalue weighted by Crippen LogP contribution is 2.29. The maximum Gasteiger partial charge on any atom is 0.320 e. The van der Waals surface area contributed by atoms with E-state index in [9.17, 15) is 19.2 Å². The molecule has 0 aromatic heterocycles. The average molecular weight is 619 g/mol. The summed E-state index contributed by atoms with van der Waals surface area (Å²) >= 11 is 0. The van der Waals surface area contributed by atoms with Gasteiger partial charge in [-0.05, 0) is 86.3 Å². The van der Waals surface area contributed by atoms with Crippen LogP contribution in [0.4, 0.5) is 0 Å². The first-order chi connectivity index (χ1) is 20.2. The van der Waals surface area contributed by atoms with Gasteiger partial charge in [-0.25, -0.2) is 0 Å². The Morgan fingerprint density at radius 1 is 0.614 bits per heavy atom. The van der Waals surface area contributed by atoms with Crippen molar-refractivity contribution in [3.8, 4) is 0 Å². The van der Waals surface area contributed by atoms with E-state index in [0.717, 1.165) is 36.8 Å². The van der Waals surface area contributed by atoms with E-state index < -0.39 is 28.7 Å². The van der Waals surface area contributed by atoms with Crippen molar-refractivity contribution in [2.45, 2.75) is 130 Å². The Morgan fingerprint density at radius 2 is 0.977 bits per heavy atom. The standard InChI is InChI=1S/C34H54N2O8/c1-32(2,3)42-29(38)21-35(20-25-17-15-24(16-18-25)19-28(37)41-10)26-13-11-12-14-27(26)36(22-30(39)43-33(4,5)6)23-31(40)44-34(7,8)9/h15-18,26-27H,11-14,19-23H2,1-10H3/t26-,27-/m0/s1. The predicted octanol–water partition coefficient (Wildman–Crippen LogP) is 4.84. The summed E-state index contributed by atoms with van der Waals surface area (Å²) < 4.78 is 21.8. The molecular formula is C34H54N2O8.